The third-order valence-corrected chi connectivity index (χ3v) is 3.39. The van der Waals surface area contributed by atoms with Gasteiger partial charge < -0.3 is 15.9 Å². The molecule has 0 radical (unpaired) electrons. The standard InChI is InChI=1S/C14H26O4.C3H5NO/c1-2-3-4-5-6-7-8-9-10-11-12(13(15)16)14(17)18;1-2-3(4)5/h12H,2-11H2,1H3,(H,15,16)(H,17,18);2H,1H2,(H2,4,5). The minimum absolute atomic E-state index is 0.250. The van der Waals surface area contributed by atoms with Gasteiger partial charge in [0, 0.05) is 0 Å². The maximum atomic E-state index is 10.6. The number of aliphatic carboxylic acids is 2. The van der Waals surface area contributed by atoms with Crippen LogP contribution in [0.2, 0.25) is 0 Å². The van der Waals surface area contributed by atoms with E-state index in [4.69, 9.17) is 10.2 Å². The summed E-state index contributed by atoms with van der Waals surface area (Å²) >= 11 is 0. The number of unbranched alkanes of at least 4 members (excludes halogenated alkanes) is 8. The molecule has 0 spiro atoms. The van der Waals surface area contributed by atoms with E-state index in [1.807, 2.05) is 0 Å². The van der Waals surface area contributed by atoms with Crippen LogP contribution in [0.25, 0.3) is 0 Å². The highest BCUT2D eigenvalue weighted by Crippen LogP contribution is 2.14. The Morgan fingerprint density at radius 2 is 1.26 bits per heavy atom. The first-order chi connectivity index (χ1) is 10.9. The monoisotopic (exact) mass is 329 g/mol. The highest BCUT2D eigenvalue weighted by molar-refractivity contribution is 5.92. The van der Waals surface area contributed by atoms with Crippen LogP contribution in [0.3, 0.4) is 0 Å². The number of carbonyl (C=O) groups is 3. The molecule has 6 heteroatoms. The lowest BCUT2D eigenvalue weighted by atomic mass is 10.00. The Morgan fingerprint density at radius 1 is 0.913 bits per heavy atom. The van der Waals surface area contributed by atoms with Crippen molar-refractivity contribution in [2.24, 2.45) is 11.7 Å². The Bertz CT molecular complexity index is 341. The SMILES string of the molecule is C=CC(N)=O.CCCCCCCCCCCC(C(=O)O)C(=O)O. The number of carboxylic acids is 2. The second-order valence-electron chi connectivity index (χ2n) is 5.45. The summed E-state index contributed by atoms with van der Waals surface area (Å²) in [5.74, 6) is -4.15. The molecule has 0 aromatic carbocycles. The average Bonchev–Trinajstić information content (AvgIpc) is 2.49. The van der Waals surface area contributed by atoms with Gasteiger partial charge in [-0.1, -0.05) is 71.3 Å². The summed E-state index contributed by atoms with van der Waals surface area (Å²) in [5.41, 5.74) is 4.53. The minimum Gasteiger partial charge on any atom is -0.481 e. The van der Waals surface area contributed by atoms with E-state index in [2.05, 4.69) is 19.2 Å². The molecule has 134 valence electrons. The van der Waals surface area contributed by atoms with E-state index in [0.29, 0.717) is 6.42 Å². The number of carbonyl (C=O) groups excluding carboxylic acids is 1. The summed E-state index contributed by atoms with van der Waals surface area (Å²) in [5, 5.41) is 17.4. The van der Waals surface area contributed by atoms with Crippen molar-refractivity contribution < 1.29 is 24.6 Å². The van der Waals surface area contributed by atoms with Crippen molar-refractivity contribution in [2.75, 3.05) is 0 Å². The molecule has 0 aromatic heterocycles. The summed E-state index contributed by atoms with van der Waals surface area (Å²) in [7, 11) is 0. The van der Waals surface area contributed by atoms with Gasteiger partial charge in [0.15, 0.2) is 5.92 Å². The molecule has 6 nitrogen and oxygen atoms in total. The van der Waals surface area contributed by atoms with Crippen LogP contribution >= 0.6 is 0 Å². The van der Waals surface area contributed by atoms with Crippen LogP contribution < -0.4 is 5.73 Å². The van der Waals surface area contributed by atoms with E-state index in [1.54, 1.807) is 0 Å². The molecule has 0 fully saturated rings. The minimum atomic E-state index is -1.23. The van der Waals surface area contributed by atoms with Gasteiger partial charge in [-0.25, -0.2) is 0 Å². The van der Waals surface area contributed by atoms with Crippen LogP contribution in [0.15, 0.2) is 12.7 Å². The molecule has 0 bridgehead atoms. The van der Waals surface area contributed by atoms with Gasteiger partial charge in [-0.15, -0.1) is 0 Å². The largest absolute Gasteiger partial charge is 0.481 e. The van der Waals surface area contributed by atoms with E-state index in [9.17, 15) is 14.4 Å². The molecule has 23 heavy (non-hydrogen) atoms. The fraction of sp³-hybridized carbons (Fsp3) is 0.706. The molecule has 4 N–H and O–H groups in total. The third kappa shape index (κ3) is 18.1. The molecule has 0 atom stereocenters. The molecular weight excluding hydrogens is 298 g/mol. The smallest absolute Gasteiger partial charge is 0.317 e. The third-order valence-electron chi connectivity index (χ3n) is 3.39. The topological polar surface area (TPSA) is 118 Å². The molecule has 0 aliphatic carbocycles. The van der Waals surface area contributed by atoms with E-state index >= 15 is 0 Å². The number of nitrogens with two attached hydrogens (primary N) is 1. The summed E-state index contributed by atoms with van der Waals surface area (Å²) in [6, 6.07) is 0. The molecule has 0 saturated heterocycles. The van der Waals surface area contributed by atoms with Gasteiger partial charge in [-0.05, 0) is 12.5 Å². The molecule has 0 heterocycles. The highest BCUT2D eigenvalue weighted by Gasteiger charge is 2.24. The maximum absolute atomic E-state index is 10.6. The molecule has 0 aliphatic heterocycles. The summed E-state index contributed by atoms with van der Waals surface area (Å²) in [6.07, 6.45) is 11.6. The van der Waals surface area contributed by atoms with Gasteiger partial charge in [0.1, 0.15) is 0 Å². The maximum Gasteiger partial charge on any atom is 0.317 e. The van der Waals surface area contributed by atoms with Gasteiger partial charge in [0.2, 0.25) is 5.91 Å². The Labute approximate surface area is 138 Å². The fourth-order valence-corrected chi connectivity index (χ4v) is 2.01. The number of hydrogen-bond acceptors (Lipinski definition) is 3. The summed E-state index contributed by atoms with van der Waals surface area (Å²) in [6.45, 7) is 5.28. The van der Waals surface area contributed by atoms with Crippen molar-refractivity contribution in [1.82, 2.24) is 0 Å². The highest BCUT2D eigenvalue weighted by atomic mass is 16.4. The average molecular weight is 329 g/mol. The van der Waals surface area contributed by atoms with E-state index < -0.39 is 23.8 Å². The Balaban J connectivity index is 0. The number of amides is 1. The number of primary amides is 1. The normalized spacial score (nSPS) is 9.83. The molecule has 0 aliphatic rings. The molecule has 0 rings (SSSR count). The van der Waals surface area contributed by atoms with Crippen LogP contribution in [0.5, 0.6) is 0 Å². The van der Waals surface area contributed by atoms with Gasteiger partial charge in [-0.3, -0.25) is 14.4 Å². The zero-order valence-corrected chi connectivity index (χ0v) is 14.1. The first kappa shape index (κ1) is 23.4. The first-order valence-corrected chi connectivity index (χ1v) is 8.24. The van der Waals surface area contributed by atoms with Crippen molar-refractivity contribution in [3.63, 3.8) is 0 Å². The van der Waals surface area contributed by atoms with Crippen LogP contribution in [-0.4, -0.2) is 28.1 Å². The Kier molecular flexibility index (Phi) is 16.8. The number of rotatable bonds is 13. The van der Waals surface area contributed by atoms with E-state index in [0.717, 1.165) is 18.9 Å². The summed E-state index contributed by atoms with van der Waals surface area (Å²) in [4.78, 5) is 30.7. The van der Waals surface area contributed by atoms with Crippen LogP contribution in [0.4, 0.5) is 0 Å². The lowest BCUT2D eigenvalue weighted by Gasteiger charge is -2.06. The second-order valence-corrected chi connectivity index (χ2v) is 5.45. The van der Waals surface area contributed by atoms with Crippen LogP contribution in [0.1, 0.15) is 71.1 Å². The zero-order chi connectivity index (χ0) is 18.1. The molecule has 1 amide bonds. The fourth-order valence-electron chi connectivity index (χ4n) is 2.01. The lowest BCUT2D eigenvalue weighted by molar-refractivity contribution is -0.154. The predicted octanol–water partition coefficient (Wildman–Crippen LogP) is 3.35. The molecule has 0 aromatic rings. The van der Waals surface area contributed by atoms with Crippen molar-refractivity contribution in [1.29, 1.82) is 0 Å². The lowest BCUT2D eigenvalue weighted by Crippen LogP contribution is -2.23. The van der Waals surface area contributed by atoms with E-state index in [1.165, 1.54) is 38.5 Å². The van der Waals surface area contributed by atoms with Crippen LogP contribution in [0, 0.1) is 5.92 Å². The first-order valence-electron chi connectivity index (χ1n) is 8.24. The Morgan fingerprint density at radius 3 is 1.57 bits per heavy atom. The molecule has 0 unspecified atom stereocenters. The van der Waals surface area contributed by atoms with Gasteiger partial charge in [0.25, 0.3) is 0 Å². The zero-order valence-electron chi connectivity index (χ0n) is 14.1. The van der Waals surface area contributed by atoms with Gasteiger partial charge in [-0.2, -0.15) is 0 Å². The number of carboxylic acid groups (broad SMARTS) is 2. The molecular formula is C17H31NO5. The Hall–Kier alpha value is -1.85. The van der Waals surface area contributed by atoms with Crippen molar-refractivity contribution >= 4 is 17.8 Å². The molecule has 0 saturated carbocycles. The van der Waals surface area contributed by atoms with Crippen molar-refractivity contribution in [2.45, 2.75) is 71.1 Å². The predicted molar refractivity (Wildman–Crippen MR) is 90.0 cm³/mol. The summed E-state index contributed by atoms with van der Waals surface area (Å²) < 4.78 is 0. The van der Waals surface area contributed by atoms with Gasteiger partial charge in [0.05, 0.1) is 0 Å². The second kappa shape index (κ2) is 16.5. The van der Waals surface area contributed by atoms with Crippen LogP contribution in [-0.2, 0) is 14.4 Å². The van der Waals surface area contributed by atoms with Gasteiger partial charge >= 0.3 is 11.9 Å². The van der Waals surface area contributed by atoms with E-state index in [-0.39, 0.29) is 6.42 Å². The quantitative estimate of drug-likeness (QED) is 0.272. The van der Waals surface area contributed by atoms with Crippen molar-refractivity contribution in [3.05, 3.63) is 12.7 Å². The van der Waals surface area contributed by atoms with Crippen molar-refractivity contribution in [3.8, 4) is 0 Å². The number of hydrogen-bond donors (Lipinski definition) is 3.